The van der Waals surface area contributed by atoms with E-state index in [1.54, 1.807) is 6.20 Å². The van der Waals surface area contributed by atoms with E-state index in [0.717, 1.165) is 12.0 Å². The lowest BCUT2D eigenvalue weighted by Gasteiger charge is -2.16. The highest BCUT2D eigenvalue weighted by Crippen LogP contribution is 2.17. The molecule has 1 fully saturated rings. The molecule has 2 atom stereocenters. The van der Waals surface area contributed by atoms with Crippen LogP contribution in [0.2, 0.25) is 0 Å². The predicted octanol–water partition coefficient (Wildman–Crippen LogP) is 0.145. The molecule has 2 rings (SSSR count). The summed E-state index contributed by atoms with van der Waals surface area (Å²) in [6.07, 6.45) is 2.57. The molecule has 0 bridgehead atoms. The first kappa shape index (κ1) is 12.1. The molecule has 17 heavy (non-hydrogen) atoms. The van der Waals surface area contributed by atoms with E-state index in [2.05, 4.69) is 20.8 Å². The van der Waals surface area contributed by atoms with E-state index >= 15 is 0 Å². The Labute approximate surface area is 100 Å². The molecule has 3 N–H and O–H groups in total. The second-order valence-electron chi connectivity index (χ2n) is 4.15. The number of H-pyrrole nitrogens is 1. The van der Waals surface area contributed by atoms with Crippen molar-refractivity contribution in [1.29, 1.82) is 0 Å². The van der Waals surface area contributed by atoms with Crippen LogP contribution in [-0.4, -0.2) is 42.4 Å². The summed E-state index contributed by atoms with van der Waals surface area (Å²) in [4.78, 5) is 12.1. The SMILES string of the molecule is CCc1cn[nH]c1NC(=O)C1COCC1NC. The second-order valence-corrected chi connectivity index (χ2v) is 4.15. The van der Waals surface area contributed by atoms with Gasteiger partial charge in [-0.15, -0.1) is 0 Å². The van der Waals surface area contributed by atoms with Gasteiger partial charge in [-0.2, -0.15) is 5.10 Å². The number of aryl methyl sites for hydroxylation is 1. The van der Waals surface area contributed by atoms with E-state index in [4.69, 9.17) is 4.74 Å². The minimum atomic E-state index is -0.145. The summed E-state index contributed by atoms with van der Waals surface area (Å²) in [7, 11) is 1.84. The highest BCUT2D eigenvalue weighted by molar-refractivity contribution is 5.93. The maximum absolute atomic E-state index is 12.1. The average Bonchev–Trinajstić information content (AvgIpc) is 2.96. The summed E-state index contributed by atoms with van der Waals surface area (Å²) in [5.74, 6) is 0.521. The third-order valence-corrected chi connectivity index (χ3v) is 3.14. The molecule has 0 aliphatic carbocycles. The standard InChI is InChI=1S/C11H18N4O2/c1-3-7-4-13-15-10(7)14-11(16)8-5-17-6-9(8)12-2/h4,8-9,12H,3,5-6H2,1-2H3,(H2,13,14,15,16). The van der Waals surface area contributed by atoms with Crippen LogP contribution in [0.4, 0.5) is 5.82 Å². The smallest absolute Gasteiger partial charge is 0.232 e. The Morgan fingerprint density at radius 2 is 2.47 bits per heavy atom. The van der Waals surface area contributed by atoms with E-state index in [0.29, 0.717) is 19.0 Å². The van der Waals surface area contributed by atoms with Crippen molar-refractivity contribution in [2.75, 3.05) is 25.6 Å². The molecule has 1 aromatic heterocycles. The minimum absolute atomic E-state index is 0.0270. The Hall–Kier alpha value is -1.40. The average molecular weight is 238 g/mol. The highest BCUT2D eigenvalue weighted by Gasteiger charge is 2.33. The summed E-state index contributed by atoms with van der Waals surface area (Å²) in [6, 6.07) is 0.0861. The molecule has 0 aromatic carbocycles. The zero-order valence-corrected chi connectivity index (χ0v) is 10.1. The highest BCUT2D eigenvalue weighted by atomic mass is 16.5. The molecule has 0 radical (unpaired) electrons. The molecule has 0 saturated carbocycles. The van der Waals surface area contributed by atoms with Crippen molar-refractivity contribution in [3.8, 4) is 0 Å². The number of likely N-dealkylation sites (N-methyl/N-ethyl adjacent to an activating group) is 1. The topological polar surface area (TPSA) is 79.0 Å². The number of carbonyl (C=O) groups is 1. The zero-order chi connectivity index (χ0) is 12.3. The molecule has 2 heterocycles. The Morgan fingerprint density at radius 3 is 3.18 bits per heavy atom. The first-order valence-electron chi connectivity index (χ1n) is 5.84. The first-order valence-corrected chi connectivity index (χ1v) is 5.84. The molecule has 2 unspecified atom stereocenters. The molecule has 1 amide bonds. The molecule has 1 saturated heterocycles. The number of hydrogen-bond donors (Lipinski definition) is 3. The Morgan fingerprint density at radius 1 is 1.65 bits per heavy atom. The van der Waals surface area contributed by atoms with Crippen LogP contribution in [-0.2, 0) is 16.0 Å². The number of hydrogen-bond acceptors (Lipinski definition) is 4. The Bertz CT molecular complexity index is 391. The van der Waals surface area contributed by atoms with Crippen LogP contribution in [0, 0.1) is 5.92 Å². The second kappa shape index (κ2) is 5.29. The van der Waals surface area contributed by atoms with Crippen LogP contribution in [0.1, 0.15) is 12.5 Å². The number of aromatic nitrogens is 2. The van der Waals surface area contributed by atoms with Crippen LogP contribution in [0.25, 0.3) is 0 Å². The van der Waals surface area contributed by atoms with Crippen LogP contribution in [0.3, 0.4) is 0 Å². The van der Waals surface area contributed by atoms with Gasteiger partial charge < -0.3 is 15.4 Å². The van der Waals surface area contributed by atoms with Gasteiger partial charge in [-0.3, -0.25) is 9.89 Å². The summed E-state index contributed by atoms with van der Waals surface area (Å²) in [5.41, 5.74) is 1.01. The fraction of sp³-hybridized carbons (Fsp3) is 0.636. The fourth-order valence-corrected chi connectivity index (χ4v) is 2.00. The van der Waals surface area contributed by atoms with E-state index in [1.807, 2.05) is 14.0 Å². The molecule has 0 spiro atoms. The maximum atomic E-state index is 12.1. The molecule has 94 valence electrons. The number of nitrogens with zero attached hydrogens (tertiary/aromatic N) is 1. The van der Waals surface area contributed by atoms with Gasteiger partial charge in [0.1, 0.15) is 5.82 Å². The van der Waals surface area contributed by atoms with Crippen LogP contribution in [0.5, 0.6) is 0 Å². The molecule has 1 aromatic rings. The monoisotopic (exact) mass is 238 g/mol. The predicted molar refractivity (Wildman–Crippen MR) is 63.8 cm³/mol. The van der Waals surface area contributed by atoms with Gasteiger partial charge in [0, 0.05) is 11.6 Å². The van der Waals surface area contributed by atoms with Crippen molar-refractivity contribution in [2.24, 2.45) is 5.92 Å². The first-order chi connectivity index (χ1) is 8.26. The van der Waals surface area contributed by atoms with Gasteiger partial charge in [0.25, 0.3) is 0 Å². The van der Waals surface area contributed by atoms with E-state index in [1.165, 1.54) is 0 Å². The normalized spacial score (nSPS) is 23.9. The number of amides is 1. The van der Waals surface area contributed by atoms with Crippen molar-refractivity contribution in [3.63, 3.8) is 0 Å². The van der Waals surface area contributed by atoms with Gasteiger partial charge in [0.05, 0.1) is 25.3 Å². The van der Waals surface area contributed by atoms with Crippen molar-refractivity contribution in [3.05, 3.63) is 11.8 Å². The van der Waals surface area contributed by atoms with Crippen molar-refractivity contribution in [1.82, 2.24) is 15.5 Å². The largest absolute Gasteiger partial charge is 0.379 e. The lowest BCUT2D eigenvalue weighted by atomic mass is 10.0. The maximum Gasteiger partial charge on any atom is 0.232 e. The van der Waals surface area contributed by atoms with Crippen molar-refractivity contribution >= 4 is 11.7 Å². The van der Waals surface area contributed by atoms with E-state index < -0.39 is 0 Å². The molecular formula is C11H18N4O2. The van der Waals surface area contributed by atoms with Gasteiger partial charge in [0.2, 0.25) is 5.91 Å². The van der Waals surface area contributed by atoms with Gasteiger partial charge in [0.15, 0.2) is 0 Å². The quantitative estimate of drug-likeness (QED) is 0.697. The summed E-state index contributed by atoms with van der Waals surface area (Å²) in [6.45, 7) is 3.07. The van der Waals surface area contributed by atoms with Gasteiger partial charge in [-0.1, -0.05) is 6.92 Å². The van der Waals surface area contributed by atoms with Gasteiger partial charge in [-0.25, -0.2) is 0 Å². The number of ether oxygens (including phenoxy) is 1. The minimum Gasteiger partial charge on any atom is -0.379 e. The summed E-state index contributed by atoms with van der Waals surface area (Å²) < 4.78 is 5.31. The van der Waals surface area contributed by atoms with Crippen LogP contribution >= 0.6 is 0 Å². The number of aromatic amines is 1. The van der Waals surface area contributed by atoms with Crippen LogP contribution in [0.15, 0.2) is 6.20 Å². The van der Waals surface area contributed by atoms with Crippen molar-refractivity contribution < 1.29 is 9.53 Å². The third-order valence-electron chi connectivity index (χ3n) is 3.14. The zero-order valence-electron chi connectivity index (χ0n) is 10.1. The number of anilines is 1. The van der Waals surface area contributed by atoms with E-state index in [9.17, 15) is 4.79 Å². The Kier molecular flexibility index (Phi) is 3.75. The molecular weight excluding hydrogens is 220 g/mol. The molecule has 1 aliphatic heterocycles. The Balaban J connectivity index is 2.01. The molecule has 6 heteroatoms. The fourth-order valence-electron chi connectivity index (χ4n) is 2.00. The number of carbonyl (C=O) groups excluding carboxylic acids is 1. The lowest BCUT2D eigenvalue weighted by Crippen LogP contribution is -2.39. The summed E-state index contributed by atoms with van der Waals surface area (Å²) >= 11 is 0. The third kappa shape index (κ3) is 2.48. The van der Waals surface area contributed by atoms with Crippen molar-refractivity contribution in [2.45, 2.75) is 19.4 Å². The van der Waals surface area contributed by atoms with Gasteiger partial charge >= 0.3 is 0 Å². The molecule has 1 aliphatic rings. The van der Waals surface area contributed by atoms with Crippen LogP contribution < -0.4 is 10.6 Å². The molecule has 6 nitrogen and oxygen atoms in total. The van der Waals surface area contributed by atoms with E-state index in [-0.39, 0.29) is 17.9 Å². The number of nitrogens with one attached hydrogen (secondary N) is 3. The summed E-state index contributed by atoms with van der Waals surface area (Å²) in [5, 5.41) is 12.7. The number of rotatable bonds is 4. The lowest BCUT2D eigenvalue weighted by molar-refractivity contribution is -0.120. The van der Waals surface area contributed by atoms with Gasteiger partial charge in [-0.05, 0) is 13.5 Å².